The first kappa shape index (κ1) is 27.0. The lowest BCUT2D eigenvalue weighted by Crippen LogP contribution is -2.49. The lowest BCUT2D eigenvalue weighted by atomic mass is 9.97. The molecule has 2 atom stereocenters. The van der Waals surface area contributed by atoms with Gasteiger partial charge in [-0.3, -0.25) is 9.59 Å². The van der Waals surface area contributed by atoms with Crippen LogP contribution < -0.4 is 9.64 Å². The summed E-state index contributed by atoms with van der Waals surface area (Å²) in [6.45, 7) is 4.17. The molecule has 0 N–H and O–H groups in total. The largest absolute Gasteiger partial charge is 0.484 e. The number of likely N-dealkylation sites (N-methyl/N-ethyl adjacent to an activating group) is 1. The van der Waals surface area contributed by atoms with Gasteiger partial charge in [-0.15, -0.1) is 0 Å². The van der Waals surface area contributed by atoms with Gasteiger partial charge in [0.15, 0.2) is 13.2 Å². The van der Waals surface area contributed by atoms with Gasteiger partial charge in [-0.25, -0.2) is 4.79 Å². The van der Waals surface area contributed by atoms with Gasteiger partial charge in [-0.05, 0) is 75.1 Å². The number of piperidine rings is 1. The molecule has 0 aliphatic carbocycles. The van der Waals surface area contributed by atoms with Gasteiger partial charge in [0.1, 0.15) is 5.75 Å². The molecule has 2 aromatic carbocycles. The number of amides is 2. The first-order valence-corrected chi connectivity index (χ1v) is 12.4. The summed E-state index contributed by atoms with van der Waals surface area (Å²) in [6, 6.07) is 14.7. The predicted octanol–water partition coefficient (Wildman–Crippen LogP) is 3.74. The normalized spacial score (nSPS) is 17.3. The van der Waals surface area contributed by atoms with Crippen molar-refractivity contribution in [1.29, 1.82) is 0 Å². The molecule has 8 nitrogen and oxygen atoms in total. The van der Waals surface area contributed by atoms with E-state index in [1.165, 1.54) is 4.90 Å². The molecule has 2 amide bonds. The fraction of sp³-hybridized carbons (Fsp3) is 0.464. The van der Waals surface area contributed by atoms with Crippen molar-refractivity contribution in [2.75, 3.05) is 39.3 Å². The fourth-order valence-corrected chi connectivity index (χ4v) is 4.40. The monoisotopic (exact) mass is 495 g/mol. The number of anilines is 1. The van der Waals surface area contributed by atoms with E-state index in [9.17, 15) is 14.4 Å². The SMILES string of the molecule is C[C@H]1CCC[C@H](C)N1C(=O)COc1ccc(C(=O)OCC(=O)N(C)Cc2ccc(N(C)C)cc2)cc1. The zero-order chi connectivity index (χ0) is 26.2. The molecule has 0 spiro atoms. The van der Waals surface area contributed by atoms with Gasteiger partial charge in [-0.1, -0.05) is 12.1 Å². The van der Waals surface area contributed by atoms with Crippen molar-refractivity contribution in [3.8, 4) is 5.75 Å². The second kappa shape index (κ2) is 12.4. The van der Waals surface area contributed by atoms with Crippen LogP contribution in [0.1, 0.15) is 49.0 Å². The summed E-state index contributed by atoms with van der Waals surface area (Å²) in [4.78, 5) is 42.9. The Morgan fingerprint density at radius 2 is 1.50 bits per heavy atom. The molecule has 194 valence electrons. The van der Waals surface area contributed by atoms with Crippen LogP contribution in [0.4, 0.5) is 5.69 Å². The summed E-state index contributed by atoms with van der Waals surface area (Å²) < 4.78 is 10.9. The van der Waals surface area contributed by atoms with E-state index >= 15 is 0 Å². The number of hydrogen-bond donors (Lipinski definition) is 0. The molecule has 1 saturated heterocycles. The van der Waals surface area contributed by atoms with Crippen LogP contribution in [-0.2, 0) is 20.9 Å². The van der Waals surface area contributed by atoms with Gasteiger partial charge in [0.05, 0.1) is 5.56 Å². The zero-order valence-corrected chi connectivity index (χ0v) is 21.9. The third kappa shape index (κ3) is 7.23. The summed E-state index contributed by atoms with van der Waals surface area (Å²) in [6.07, 6.45) is 3.15. The number of likely N-dealkylation sites (tertiary alicyclic amines) is 1. The van der Waals surface area contributed by atoms with Crippen molar-refractivity contribution in [2.45, 2.75) is 51.7 Å². The fourth-order valence-electron chi connectivity index (χ4n) is 4.40. The average Bonchev–Trinajstić information content (AvgIpc) is 2.86. The number of hydrogen-bond acceptors (Lipinski definition) is 6. The van der Waals surface area contributed by atoms with Crippen molar-refractivity contribution < 1.29 is 23.9 Å². The van der Waals surface area contributed by atoms with Crippen LogP contribution in [0.2, 0.25) is 0 Å². The average molecular weight is 496 g/mol. The number of esters is 1. The van der Waals surface area contributed by atoms with Crippen molar-refractivity contribution in [2.24, 2.45) is 0 Å². The van der Waals surface area contributed by atoms with Gasteiger partial charge < -0.3 is 24.2 Å². The number of nitrogens with zero attached hydrogens (tertiary/aromatic N) is 3. The lowest BCUT2D eigenvalue weighted by molar-refractivity contribution is -0.139. The highest BCUT2D eigenvalue weighted by atomic mass is 16.5. The summed E-state index contributed by atoms with van der Waals surface area (Å²) >= 11 is 0. The number of benzene rings is 2. The van der Waals surface area contributed by atoms with Crippen LogP contribution in [-0.4, -0.2) is 74.0 Å². The molecule has 2 aromatic rings. The molecule has 0 radical (unpaired) electrons. The zero-order valence-electron chi connectivity index (χ0n) is 21.9. The standard InChI is InChI=1S/C28H37N3O5/c1-20-7-6-8-21(2)31(20)27(33)19-35-25-15-11-23(12-16-25)28(34)36-18-26(32)30(5)17-22-9-13-24(14-10-22)29(3)4/h9-16,20-21H,6-8,17-19H2,1-5H3/t20-,21-/m0/s1. The molecular weight excluding hydrogens is 458 g/mol. The molecule has 0 unspecified atom stereocenters. The second-order valence-corrected chi connectivity index (χ2v) is 9.63. The van der Waals surface area contributed by atoms with Gasteiger partial charge in [0.2, 0.25) is 0 Å². The molecular formula is C28H37N3O5. The summed E-state index contributed by atoms with van der Waals surface area (Å²) in [5.74, 6) is -0.423. The molecule has 1 aliphatic rings. The Kier molecular flexibility index (Phi) is 9.33. The van der Waals surface area contributed by atoms with E-state index in [1.54, 1.807) is 31.3 Å². The van der Waals surface area contributed by atoms with Crippen LogP contribution in [0.5, 0.6) is 5.75 Å². The van der Waals surface area contributed by atoms with Crippen LogP contribution >= 0.6 is 0 Å². The third-order valence-electron chi connectivity index (χ3n) is 6.56. The summed E-state index contributed by atoms with van der Waals surface area (Å²) in [5, 5.41) is 0. The minimum Gasteiger partial charge on any atom is -0.484 e. The van der Waals surface area contributed by atoms with Crippen LogP contribution in [0.15, 0.2) is 48.5 Å². The minimum absolute atomic E-state index is 0.0329. The van der Waals surface area contributed by atoms with E-state index in [-0.39, 0.29) is 37.1 Å². The topological polar surface area (TPSA) is 79.4 Å². The number of rotatable bonds is 9. The molecule has 36 heavy (non-hydrogen) atoms. The number of carbonyl (C=O) groups excluding carboxylic acids is 3. The Labute approximate surface area is 213 Å². The highest BCUT2D eigenvalue weighted by Gasteiger charge is 2.29. The molecule has 0 aromatic heterocycles. The van der Waals surface area contributed by atoms with E-state index in [2.05, 4.69) is 13.8 Å². The van der Waals surface area contributed by atoms with Gasteiger partial charge in [-0.2, -0.15) is 0 Å². The summed E-state index contributed by atoms with van der Waals surface area (Å²) in [5.41, 5.74) is 2.37. The van der Waals surface area contributed by atoms with Crippen molar-refractivity contribution >= 4 is 23.5 Å². The first-order valence-electron chi connectivity index (χ1n) is 12.4. The van der Waals surface area contributed by atoms with E-state index in [4.69, 9.17) is 9.47 Å². The molecule has 1 aliphatic heterocycles. The Morgan fingerprint density at radius 3 is 2.08 bits per heavy atom. The maximum atomic E-state index is 12.6. The van der Waals surface area contributed by atoms with Gasteiger partial charge in [0, 0.05) is 45.5 Å². The third-order valence-corrected chi connectivity index (χ3v) is 6.56. The molecule has 8 heteroatoms. The quantitative estimate of drug-likeness (QED) is 0.493. The van der Waals surface area contributed by atoms with Gasteiger partial charge in [0.25, 0.3) is 11.8 Å². The highest BCUT2D eigenvalue weighted by Crippen LogP contribution is 2.23. The molecule has 0 saturated carbocycles. The maximum Gasteiger partial charge on any atom is 0.338 e. The Balaban J connectivity index is 1.44. The van der Waals surface area contributed by atoms with Gasteiger partial charge >= 0.3 is 5.97 Å². The predicted molar refractivity (Wildman–Crippen MR) is 139 cm³/mol. The minimum atomic E-state index is -0.592. The van der Waals surface area contributed by atoms with E-state index in [0.717, 1.165) is 30.5 Å². The molecule has 0 bridgehead atoms. The Hall–Kier alpha value is -3.55. The van der Waals surface area contributed by atoms with E-state index < -0.39 is 5.97 Å². The summed E-state index contributed by atoms with van der Waals surface area (Å²) in [7, 11) is 5.62. The smallest absolute Gasteiger partial charge is 0.338 e. The van der Waals surface area contributed by atoms with Crippen LogP contribution in [0, 0.1) is 0 Å². The number of carbonyl (C=O) groups is 3. The molecule has 3 rings (SSSR count). The van der Waals surface area contributed by atoms with E-state index in [0.29, 0.717) is 17.9 Å². The Morgan fingerprint density at radius 1 is 0.889 bits per heavy atom. The molecule has 1 heterocycles. The van der Waals surface area contributed by atoms with Crippen LogP contribution in [0.3, 0.4) is 0 Å². The lowest BCUT2D eigenvalue weighted by Gasteiger charge is -2.38. The number of ether oxygens (including phenoxy) is 2. The highest BCUT2D eigenvalue weighted by molar-refractivity contribution is 5.91. The second-order valence-electron chi connectivity index (χ2n) is 9.63. The Bertz CT molecular complexity index is 1030. The van der Waals surface area contributed by atoms with Crippen molar-refractivity contribution in [3.63, 3.8) is 0 Å². The first-order chi connectivity index (χ1) is 17.2. The van der Waals surface area contributed by atoms with Crippen LogP contribution in [0.25, 0.3) is 0 Å². The van der Waals surface area contributed by atoms with E-state index in [1.807, 2.05) is 48.2 Å². The molecule has 1 fully saturated rings. The maximum absolute atomic E-state index is 12.6. The van der Waals surface area contributed by atoms with Crippen molar-refractivity contribution in [1.82, 2.24) is 9.80 Å². The van der Waals surface area contributed by atoms with Crippen molar-refractivity contribution in [3.05, 3.63) is 59.7 Å².